The van der Waals surface area contributed by atoms with Crippen molar-refractivity contribution in [2.24, 2.45) is 0 Å². The number of hydrogen-bond acceptors (Lipinski definition) is 3. The first-order chi connectivity index (χ1) is 9.78. The Balaban J connectivity index is 2.28. The van der Waals surface area contributed by atoms with Crippen LogP contribution in [0.15, 0.2) is 48.4 Å². The second-order valence-corrected chi connectivity index (χ2v) is 4.02. The molecule has 0 fully saturated rings. The summed E-state index contributed by atoms with van der Waals surface area (Å²) in [5.41, 5.74) is 1.67. The molecule has 0 unspecified atom stereocenters. The van der Waals surface area contributed by atoms with Gasteiger partial charge in [-0.3, -0.25) is 4.68 Å². The fraction of sp³-hybridized carbons (Fsp3) is 0.133. The number of nitrogens with zero attached hydrogens (tertiary/aromatic N) is 4. The molecule has 20 heavy (non-hydrogen) atoms. The van der Waals surface area contributed by atoms with E-state index in [-0.39, 0.29) is 11.5 Å². The van der Waals surface area contributed by atoms with E-state index < -0.39 is 0 Å². The summed E-state index contributed by atoms with van der Waals surface area (Å²) in [6.07, 6.45) is 3.35. The molecule has 1 aromatic heterocycles. The minimum absolute atomic E-state index is 0.0771. The molecule has 0 spiro atoms. The topological polar surface area (TPSA) is 55.2 Å². The summed E-state index contributed by atoms with van der Waals surface area (Å²) in [7, 11) is 1.44. The standard InChI is InChI=1S/C15H12N4O/c1-17-14(8-16)15(20-2)13-9-18-19(11-13)10-12-6-4-3-5-7-12/h3-7,9,11H,10H2,2H3/b15-14+. The van der Waals surface area contributed by atoms with Crippen molar-refractivity contribution in [3.8, 4) is 6.07 Å². The third-order valence-corrected chi connectivity index (χ3v) is 2.72. The zero-order valence-electron chi connectivity index (χ0n) is 10.9. The number of ether oxygens (including phenoxy) is 1. The third kappa shape index (κ3) is 2.85. The highest BCUT2D eigenvalue weighted by Crippen LogP contribution is 2.19. The van der Waals surface area contributed by atoms with Gasteiger partial charge in [-0.1, -0.05) is 30.3 Å². The van der Waals surface area contributed by atoms with Crippen LogP contribution in [0.1, 0.15) is 11.1 Å². The first kappa shape index (κ1) is 13.4. The van der Waals surface area contributed by atoms with Crippen molar-refractivity contribution in [1.29, 1.82) is 5.26 Å². The number of nitriles is 1. The van der Waals surface area contributed by atoms with Gasteiger partial charge in [0.15, 0.2) is 0 Å². The predicted molar refractivity (Wildman–Crippen MR) is 73.9 cm³/mol. The number of benzene rings is 1. The third-order valence-electron chi connectivity index (χ3n) is 2.72. The zero-order valence-corrected chi connectivity index (χ0v) is 10.9. The second-order valence-electron chi connectivity index (χ2n) is 4.02. The van der Waals surface area contributed by atoms with Crippen LogP contribution in [0, 0.1) is 17.9 Å². The Morgan fingerprint density at radius 2 is 2.20 bits per heavy atom. The Hall–Kier alpha value is -3.05. The first-order valence-corrected chi connectivity index (χ1v) is 5.91. The molecular formula is C15H12N4O. The molecule has 0 radical (unpaired) electrons. The molecule has 1 aromatic carbocycles. The summed E-state index contributed by atoms with van der Waals surface area (Å²) in [5, 5.41) is 13.1. The Morgan fingerprint density at radius 1 is 1.45 bits per heavy atom. The molecule has 5 nitrogen and oxygen atoms in total. The highest BCUT2D eigenvalue weighted by atomic mass is 16.5. The fourth-order valence-electron chi connectivity index (χ4n) is 1.82. The van der Waals surface area contributed by atoms with Gasteiger partial charge >= 0.3 is 5.70 Å². The number of aromatic nitrogens is 2. The molecular weight excluding hydrogens is 252 g/mol. The van der Waals surface area contributed by atoms with Gasteiger partial charge in [0.2, 0.25) is 0 Å². The smallest absolute Gasteiger partial charge is 0.303 e. The van der Waals surface area contributed by atoms with Gasteiger partial charge in [-0.15, -0.1) is 0 Å². The summed E-state index contributed by atoms with van der Waals surface area (Å²) in [4.78, 5) is 3.15. The Kier molecular flexibility index (Phi) is 4.16. The Bertz CT molecular complexity index is 685. The van der Waals surface area contributed by atoms with Crippen LogP contribution in [-0.4, -0.2) is 16.9 Å². The summed E-state index contributed by atoms with van der Waals surface area (Å²) in [5.74, 6) is 0.252. The molecule has 98 valence electrons. The molecule has 0 aliphatic carbocycles. The van der Waals surface area contributed by atoms with Crippen LogP contribution < -0.4 is 0 Å². The molecule has 0 bridgehead atoms. The van der Waals surface area contributed by atoms with Gasteiger partial charge in [-0.05, 0) is 5.56 Å². The highest BCUT2D eigenvalue weighted by Gasteiger charge is 2.12. The van der Waals surface area contributed by atoms with Crippen molar-refractivity contribution < 1.29 is 4.74 Å². The molecule has 1 heterocycles. The van der Waals surface area contributed by atoms with E-state index in [2.05, 4.69) is 9.94 Å². The molecule has 0 atom stereocenters. The van der Waals surface area contributed by atoms with Gasteiger partial charge in [0.1, 0.15) is 5.76 Å². The van der Waals surface area contributed by atoms with E-state index in [9.17, 15) is 0 Å². The lowest BCUT2D eigenvalue weighted by molar-refractivity contribution is 0.368. The summed E-state index contributed by atoms with van der Waals surface area (Å²) in [6.45, 7) is 7.59. The van der Waals surface area contributed by atoms with Gasteiger partial charge in [0.25, 0.3) is 0 Å². The van der Waals surface area contributed by atoms with E-state index in [1.807, 2.05) is 36.4 Å². The van der Waals surface area contributed by atoms with Crippen LogP contribution in [0.2, 0.25) is 0 Å². The maximum Gasteiger partial charge on any atom is 0.303 e. The lowest BCUT2D eigenvalue weighted by atomic mass is 10.2. The lowest BCUT2D eigenvalue weighted by Crippen LogP contribution is -1.99. The molecule has 0 saturated carbocycles. The summed E-state index contributed by atoms with van der Waals surface area (Å²) >= 11 is 0. The lowest BCUT2D eigenvalue weighted by Gasteiger charge is -2.03. The SMILES string of the molecule is [C-]#[N+]/C(C#N)=C(/OC)c1cnn(Cc2ccccc2)c1. The average Bonchev–Trinajstić information content (AvgIpc) is 2.93. The van der Waals surface area contributed by atoms with Crippen LogP contribution in [0.3, 0.4) is 0 Å². The molecule has 5 heteroatoms. The number of allylic oxidation sites excluding steroid dienone is 1. The van der Waals surface area contributed by atoms with E-state index in [0.29, 0.717) is 12.1 Å². The zero-order chi connectivity index (χ0) is 14.4. The minimum Gasteiger partial charge on any atom is -0.506 e. The number of hydrogen-bond donors (Lipinski definition) is 0. The maximum atomic E-state index is 8.90. The fourth-order valence-corrected chi connectivity index (χ4v) is 1.82. The van der Waals surface area contributed by atoms with E-state index in [1.165, 1.54) is 7.11 Å². The summed E-state index contributed by atoms with van der Waals surface area (Å²) in [6, 6.07) is 11.7. The van der Waals surface area contributed by atoms with Crippen molar-refractivity contribution in [2.75, 3.05) is 7.11 Å². The molecule has 2 rings (SSSR count). The first-order valence-electron chi connectivity index (χ1n) is 5.91. The van der Waals surface area contributed by atoms with Crippen molar-refractivity contribution in [3.05, 3.63) is 71.0 Å². The van der Waals surface area contributed by atoms with Gasteiger partial charge < -0.3 is 4.74 Å². The van der Waals surface area contributed by atoms with Crippen molar-refractivity contribution in [1.82, 2.24) is 9.78 Å². The van der Waals surface area contributed by atoms with Crippen molar-refractivity contribution >= 4 is 5.76 Å². The van der Waals surface area contributed by atoms with Crippen LogP contribution >= 0.6 is 0 Å². The molecule has 0 aliphatic rings. The van der Waals surface area contributed by atoms with Crippen molar-refractivity contribution in [2.45, 2.75) is 6.54 Å². The second kappa shape index (κ2) is 6.21. The van der Waals surface area contributed by atoms with Crippen LogP contribution in [0.4, 0.5) is 0 Å². The number of methoxy groups -OCH3 is 1. The maximum absolute atomic E-state index is 8.90. The summed E-state index contributed by atoms with van der Waals surface area (Å²) < 4.78 is 6.87. The molecule has 0 aliphatic heterocycles. The Labute approximate surface area is 117 Å². The number of rotatable bonds is 4. The van der Waals surface area contributed by atoms with E-state index >= 15 is 0 Å². The highest BCUT2D eigenvalue weighted by molar-refractivity contribution is 5.67. The molecule has 0 saturated heterocycles. The van der Waals surface area contributed by atoms with Crippen molar-refractivity contribution in [3.63, 3.8) is 0 Å². The van der Waals surface area contributed by atoms with Gasteiger partial charge in [-0.2, -0.15) is 5.10 Å². The average molecular weight is 264 g/mol. The van der Waals surface area contributed by atoms with Gasteiger partial charge in [0, 0.05) is 11.8 Å². The van der Waals surface area contributed by atoms with Crippen LogP contribution in [0.5, 0.6) is 0 Å². The molecule has 2 aromatic rings. The monoisotopic (exact) mass is 264 g/mol. The molecule has 0 N–H and O–H groups in total. The van der Waals surface area contributed by atoms with E-state index in [1.54, 1.807) is 17.1 Å². The quantitative estimate of drug-likeness (QED) is 0.484. The van der Waals surface area contributed by atoms with Crippen LogP contribution in [0.25, 0.3) is 10.6 Å². The molecule has 0 amide bonds. The largest absolute Gasteiger partial charge is 0.506 e. The Morgan fingerprint density at radius 3 is 2.80 bits per heavy atom. The normalized spacial score (nSPS) is 11.2. The van der Waals surface area contributed by atoms with E-state index in [4.69, 9.17) is 16.6 Å². The van der Waals surface area contributed by atoms with Gasteiger partial charge in [0.05, 0.1) is 32.5 Å². The minimum atomic E-state index is -0.0771. The van der Waals surface area contributed by atoms with E-state index in [0.717, 1.165) is 5.56 Å². The predicted octanol–water partition coefficient (Wildman–Crippen LogP) is 2.69. The van der Waals surface area contributed by atoms with Crippen LogP contribution in [-0.2, 0) is 11.3 Å². The van der Waals surface area contributed by atoms with Gasteiger partial charge in [-0.25, -0.2) is 10.1 Å².